The van der Waals surface area contributed by atoms with Gasteiger partial charge in [-0.05, 0) is 24.5 Å². The number of aliphatic hydroxyl groups excluding tert-OH is 1. The molecule has 0 saturated heterocycles. The molecule has 8 heteroatoms. The molecule has 0 aliphatic carbocycles. The van der Waals surface area contributed by atoms with E-state index in [0.717, 1.165) is 0 Å². The zero-order valence-electron chi connectivity index (χ0n) is 15.9. The van der Waals surface area contributed by atoms with Gasteiger partial charge in [0.05, 0.1) is 12.6 Å². The van der Waals surface area contributed by atoms with Gasteiger partial charge in [0.1, 0.15) is 12.7 Å². The number of amides is 1. The Morgan fingerprint density at radius 1 is 1.00 bits per heavy atom. The molecule has 0 aliphatic rings. The molecule has 6 nitrogen and oxygen atoms in total. The van der Waals surface area contributed by atoms with Crippen molar-refractivity contribution in [2.45, 2.75) is 38.0 Å². The molecule has 2 atom stereocenters. The number of alkyl halides is 2. The van der Waals surface area contributed by atoms with E-state index < -0.39 is 30.1 Å². The summed E-state index contributed by atoms with van der Waals surface area (Å²) in [5.74, 6) is -6.06. The van der Waals surface area contributed by atoms with Crippen LogP contribution in [0, 0.1) is 0 Å². The van der Waals surface area contributed by atoms with Crippen LogP contribution in [-0.2, 0) is 27.3 Å². The number of ether oxygens (including phenoxy) is 2. The fourth-order valence-corrected chi connectivity index (χ4v) is 2.63. The largest absolute Gasteiger partial charge is 0.461 e. The van der Waals surface area contributed by atoms with Gasteiger partial charge in [0.25, 0.3) is 0 Å². The second-order valence-electron chi connectivity index (χ2n) is 6.29. The van der Waals surface area contributed by atoms with Crippen molar-refractivity contribution in [3.8, 4) is 0 Å². The third kappa shape index (κ3) is 6.53. The van der Waals surface area contributed by atoms with Gasteiger partial charge in [0.15, 0.2) is 0 Å². The van der Waals surface area contributed by atoms with Gasteiger partial charge in [-0.3, -0.25) is 0 Å². The maximum atomic E-state index is 14.3. The van der Waals surface area contributed by atoms with Gasteiger partial charge < -0.3 is 19.9 Å². The topological polar surface area (TPSA) is 84.9 Å². The van der Waals surface area contributed by atoms with E-state index in [1.165, 1.54) is 6.92 Å². The molecule has 2 N–H and O–H groups in total. The molecular formula is C21H23F2NO5. The van der Waals surface area contributed by atoms with Gasteiger partial charge >= 0.3 is 18.0 Å². The molecule has 2 aromatic rings. The van der Waals surface area contributed by atoms with Gasteiger partial charge in [-0.2, -0.15) is 8.78 Å². The van der Waals surface area contributed by atoms with E-state index in [0.29, 0.717) is 11.1 Å². The average Bonchev–Trinajstić information content (AvgIpc) is 2.73. The Balaban J connectivity index is 2.11. The highest BCUT2D eigenvalue weighted by Gasteiger charge is 2.52. The van der Waals surface area contributed by atoms with E-state index in [-0.39, 0.29) is 19.6 Å². The van der Waals surface area contributed by atoms with Crippen molar-refractivity contribution in [1.82, 2.24) is 5.32 Å². The molecule has 2 aromatic carbocycles. The first kappa shape index (κ1) is 22.3. The van der Waals surface area contributed by atoms with Crippen LogP contribution in [0.1, 0.15) is 18.1 Å². The van der Waals surface area contributed by atoms with Crippen LogP contribution in [0.15, 0.2) is 60.7 Å². The van der Waals surface area contributed by atoms with E-state index in [9.17, 15) is 23.5 Å². The third-order valence-corrected chi connectivity index (χ3v) is 4.11. The lowest BCUT2D eigenvalue weighted by Gasteiger charge is -2.28. The van der Waals surface area contributed by atoms with Gasteiger partial charge in [0.2, 0.25) is 0 Å². The van der Waals surface area contributed by atoms with E-state index in [1.807, 2.05) is 0 Å². The lowest BCUT2D eigenvalue weighted by molar-refractivity contribution is -0.191. The second-order valence-corrected chi connectivity index (χ2v) is 6.29. The Labute approximate surface area is 167 Å². The van der Waals surface area contributed by atoms with Crippen molar-refractivity contribution in [1.29, 1.82) is 0 Å². The molecule has 0 spiro atoms. The second kappa shape index (κ2) is 10.5. The molecule has 0 aromatic heterocycles. The summed E-state index contributed by atoms with van der Waals surface area (Å²) in [5, 5.41) is 12.4. The summed E-state index contributed by atoms with van der Waals surface area (Å²) in [6, 6.07) is 15.7. The summed E-state index contributed by atoms with van der Waals surface area (Å²) in [7, 11) is 0. The molecule has 0 saturated carbocycles. The minimum Gasteiger partial charge on any atom is -0.461 e. The number of carbonyl (C=O) groups is 2. The van der Waals surface area contributed by atoms with Crippen LogP contribution in [0.3, 0.4) is 0 Å². The zero-order valence-corrected chi connectivity index (χ0v) is 15.9. The van der Waals surface area contributed by atoms with E-state index >= 15 is 0 Å². The number of nitrogens with one attached hydrogen (secondary N) is 1. The fourth-order valence-electron chi connectivity index (χ4n) is 2.63. The van der Waals surface area contributed by atoms with Crippen molar-refractivity contribution < 1.29 is 33.0 Å². The summed E-state index contributed by atoms with van der Waals surface area (Å²) >= 11 is 0. The molecule has 156 valence electrons. The van der Waals surface area contributed by atoms with Crippen molar-refractivity contribution in [2.24, 2.45) is 0 Å². The number of hydrogen-bond donors (Lipinski definition) is 2. The molecule has 0 aliphatic heterocycles. The van der Waals surface area contributed by atoms with Crippen LogP contribution in [0.5, 0.6) is 0 Å². The summed E-state index contributed by atoms with van der Waals surface area (Å²) in [5.41, 5.74) is 1.29. The predicted molar refractivity (Wildman–Crippen MR) is 101 cm³/mol. The van der Waals surface area contributed by atoms with E-state index in [2.05, 4.69) is 10.1 Å². The number of halogens is 2. The Morgan fingerprint density at radius 2 is 1.55 bits per heavy atom. The number of rotatable bonds is 9. The van der Waals surface area contributed by atoms with Gasteiger partial charge in [-0.1, -0.05) is 60.7 Å². The molecular weight excluding hydrogens is 384 g/mol. The molecule has 0 heterocycles. The standard InChI is InChI=1S/C21H23F2NO5/c1-2-28-19(26)21(22,23)18(25)17(13-15-9-5-3-6-10-15)24-20(27)29-14-16-11-7-4-8-12-16/h3-12,17-18,25H,2,13-14H2,1H3,(H,24,27)/t17-,18?/m0/s1. The van der Waals surface area contributed by atoms with Crippen LogP contribution in [0.25, 0.3) is 0 Å². The van der Waals surface area contributed by atoms with Crippen LogP contribution in [0.2, 0.25) is 0 Å². The van der Waals surface area contributed by atoms with Crippen molar-refractivity contribution in [3.63, 3.8) is 0 Å². The number of esters is 1. The highest BCUT2D eigenvalue weighted by Crippen LogP contribution is 2.25. The van der Waals surface area contributed by atoms with E-state index in [1.54, 1.807) is 60.7 Å². The van der Waals surface area contributed by atoms with Crippen LogP contribution in [0.4, 0.5) is 13.6 Å². The van der Waals surface area contributed by atoms with Crippen molar-refractivity contribution in [3.05, 3.63) is 71.8 Å². The molecule has 29 heavy (non-hydrogen) atoms. The van der Waals surface area contributed by atoms with Gasteiger partial charge in [-0.25, -0.2) is 9.59 Å². The highest BCUT2D eigenvalue weighted by atomic mass is 19.3. The Kier molecular flexibility index (Phi) is 8.09. The lowest BCUT2D eigenvalue weighted by Crippen LogP contribution is -2.56. The van der Waals surface area contributed by atoms with Crippen LogP contribution < -0.4 is 5.32 Å². The first-order valence-electron chi connectivity index (χ1n) is 9.08. The maximum Gasteiger partial charge on any atom is 0.407 e. The number of alkyl carbamates (subject to hydrolysis) is 1. The van der Waals surface area contributed by atoms with Crippen molar-refractivity contribution in [2.75, 3.05) is 6.61 Å². The van der Waals surface area contributed by atoms with Gasteiger partial charge in [0, 0.05) is 0 Å². The smallest absolute Gasteiger partial charge is 0.407 e. The lowest BCUT2D eigenvalue weighted by atomic mass is 9.97. The first-order valence-corrected chi connectivity index (χ1v) is 9.08. The summed E-state index contributed by atoms with van der Waals surface area (Å²) in [4.78, 5) is 23.7. The summed E-state index contributed by atoms with van der Waals surface area (Å²) < 4.78 is 38.1. The van der Waals surface area contributed by atoms with Crippen LogP contribution >= 0.6 is 0 Å². The molecule has 2 rings (SSSR count). The van der Waals surface area contributed by atoms with E-state index in [4.69, 9.17) is 4.74 Å². The zero-order chi connectivity index (χ0) is 21.3. The minimum atomic E-state index is -4.21. The van der Waals surface area contributed by atoms with Crippen molar-refractivity contribution >= 4 is 12.1 Å². The quantitative estimate of drug-likeness (QED) is 0.624. The fraction of sp³-hybridized carbons (Fsp3) is 0.333. The third-order valence-electron chi connectivity index (χ3n) is 4.11. The van der Waals surface area contributed by atoms with Gasteiger partial charge in [-0.15, -0.1) is 0 Å². The first-order chi connectivity index (χ1) is 13.8. The summed E-state index contributed by atoms with van der Waals surface area (Å²) in [6.07, 6.45) is -3.64. The Hall–Kier alpha value is -3.00. The molecule has 1 unspecified atom stereocenters. The predicted octanol–water partition coefficient (Wildman–Crippen LogP) is 3.08. The SMILES string of the molecule is CCOC(=O)C(F)(F)C(O)[C@H](Cc1ccccc1)NC(=O)OCc1ccccc1. The van der Waals surface area contributed by atoms with Crippen LogP contribution in [-0.4, -0.2) is 41.8 Å². The minimum absolute atomic E-state index is 0.0743. The maximum absolute atomic E-state index is 14.3. The summed E-state index contributed by atoms with van der Waals surface area (Å²) in [6.45, 7) is 1.03. The molecule has 1 amide bonds. The monoisotopic (exact) mass is 407 g/mol. The molecule has 0 bridgehead atoms. The molecule has 0 fully saturated rings. The number of carbonyl (C=O) groups excluding carboxylic acids is 2. The normalized spacial score (nSPS) is 13.2. The number of aliphatic hydroxyl groups is 1. The highest BCUT2D eigenvalue weighted by molar-refractivity contribution is 5.78. The Bertz CT molecular complexity index is 786. The average molecular weight is 407 g/mol. The molecule has 0 radical (unpaired) electrons. The number of benzene rings is 2. The Morgan fingerprint density at radius 3 is 2.10 bits per heavy atom. The number of hydrogen-bond acceptors (Lipinski definition) is 5.